The molecular formula is C5H12N4. The molecule has 0 aliphatic heterocycles. The van der Waals surface area contributed by atoms with Crippen LogP contribution in [0, 0.1) is 5.92 Å². The first-order chi connectivity index (χ1) is 4.29. The first-order valence-electron chi connectivity index (χ1n) is 3.01. The Kier molecular flexibility index (Phi) is 1.77. The number of nitrogens with one attached hydrogen (secondary N) is 1. The molecule has 0 aromatic carbocycles. The molecule has 0 spiro atoms. The zero-order valence-corrected chi connectivity index (χ0v) is 5.63. The number of aromatic amines is 1. The van der Waals surface area contributed by atoms with Crippen LogP contribution in [-0.2, 0) is 6.42 Å². The van der Waals surface area contributed by atoms with Crippen LogP contribution in [0.3, 0.4) is 0 Å². The molecule has 4 nitrogen and oxygen atoms in total. The molecule has 0 atom stereocenters. The summed E-state index contributed by atoms with van der Waals surface area (Å²) in [6, 6.07) is 0. The van der Waals surface area contributed by atoms with E-state index in [-0.39, 0.29) is 1.43 Å². The Morgan fingerprint density at radius 3 is 2.89 bits per heavy atom. The van der Waals surface area contributed by atoms with E-state index in [0.717, 1.165) is 12.2 Å². The largest absolute Gasteiger partial charge is 0.177 e. The van der Waals surface area contributed by atoms with E-state index in [1.54, 1.807) is 0 Å². The van der Waals surface area contributed by atoms with Gasteiger partial charge in [0.15, 0.2) is 5.82 Å². The summed E-state index contributed by atoms with van der Waals surface area (Å²) in [7, 11) is 0. The van der Waals surface area contributed by atoms with Gasteiger partial charge in [0.2, 0.25) is 0 Å². The van der Waals surface area contributed by atoms with Crippen molar-refractivity contribution >= 4 is 0 Å². The Bertz CT molecular complexity index is 160. The second-order valence-electron chi connectivity index (χ2n) is 2.43. The second-order valence-corrected chi connectivity index (χ2v) is 2.43. The predicted octanol–water partition coefficient (Wildman–Crippen LogP) is 0.644. The third-order valence-electron chi connectivity index (χ3n) is 0.980. The van der Waals surface area contributed by atoms with Crippen LogP contribution in [0.25, 0.3) is 0 Å². The Morgan fingerprint density at radius 1 is 1.67 bits per heavy atom. The maximum absolute atomic E-state index is 3.81. The average molecular weight is 128 g/mol. The van der Waals surface area contributed by atoms with Crippen molar-refractivity contribution in [1.29, 1.82) is 0 Å². The van der Waals surface area contributed by atoms with E-state index in [4.69, 9.17) is 0 Å². The summed E-state index contributed by atoms with van der Waals surface area (Å²) in [5.41, 5.74) is 0. The monoisotopic (exact) mass is 128 g/mol. The van der Waals surface area contributed by atoms with Crippen LogP contribution in [-0.4, -0.2) is 20.6 Å². The van der Waals surface area contributed by atoms with Crippen LogP contribution >= 0.6 is 0 Å². The Balaban J connectivity index is 0.000000810. The molecule has 52 valence electrons. The van der Waals surface area contributed by atoms with Gasteiger partial charge in [-0.1, -0.05) is 19.1 Å². The fourth-order valence-electron chi connectivity index (χ4n) is 0.634. The number of hydrogen-bond donors (Lipinski definition) is 1. The van der Waals surface area contributed by atoms with Gasteiger partial charge in [0, 0.05) is 7.85 Å². The minimum absolute atomic E-state index is 0. The second kappa shape index (κ2) is 2.57. The van der Waals surface area contributed by atoms with Crippen LogP contribution in [0.5, 0.6) is 0 Å². The van der Waals surface area contributed by atoms with Crippen LogP contribution in [0.4, 0.5) is 0 Å². The molecule has 0 bridgehead atoms. The molecule has 9 heavy (non-hydrogen) atoms. The Hall–Kier alpha value is -0.930. The zero-order valence-electron chi connectivity index (χ0n) is 5.63. The molecule has 1 rings (SSSR count). The molecular weight excluding hydrogens is 116 g/mol. The summed E-state index contributed by atoms with van der Waals surface area (Å²) in [5.74, 6) is 1.40. The Labute approximate surface area is 55.1 Å². The third kappa shape index (κ3) is 1.79. The molecule has 0 amide bonds. The molecule has 1 N–H and O–H groups in total. The van der Waals surface area contributed by atoms with E-state index in [1.165, 1.54) is 0 Å². The molecule has 0 fully saturated rings. The lowest BCUT2D eigenvalue weighted by Crippen LogP contribution is -1.95. The van der Waals surface area contributed by atoms with Gasteiger partial charge in [0.05, 0.1) is 0 Å². The van der Waals surface area contributed by atoms with Crippen LogP contribution in [0.1, 0.15) is 21.1 Å². The van der Waals surface area contributed by atoms with Crippen molar-refractivity contribution in [3.05, 3.63) is 5.82 Å². The zero-order chi connectivity index (χ0) is 6.69. The number of hydrogen-bond acceptors (Lipinski definition) is 3. The lowest BCUT2D eigenvalue weighted by molar-refractivity contribution is 0.621. The first kappa shape index (κ1) is 6.19. The molecule has 1 heterocycles. The smallest absolute Gasteiger partial charge is 0.174 e. The molecule has 0 aliphatic carbocycles. The first-order valence-corrected chi connectivity index (χ1v) is 3.01. The summed E-state index contributed by atoms with van der Waals surface area (Å²) >= 11 is 0. The van der Waals surface area contributed by atoms with Gasteiger partial charge < -0.3 is 0 Å². The van der Waals surface area contributed by atoms with Crippen molar-refractivity contribution in [3.8, 4) is 0 Å². The minimum atomic E-state index is 0. The number of aromatic nitrogens is 4. The van der Waals surface area contributed by atoms with E-state index in [0.29, 0.717) is 5.92 Å². The number of tetrazole rings is 1. The summed E-state index contributed by atoms with van der Waals surface area (Å²) in [6.45, 7) is 4.24. The fraction of sp³-hybridized carbons (Fsp3) is 0.800. The predicted molar refractivity (Wildman–Crippen MR) is 34.8 cm³/mol. The lowest BCUT2D eigenvalue weighted by Gasteiger charge is -1.95. The number of nitrogens with zero attached hydrogens (tertiary/aromatic N) is 3. The van der Waals surface area contributed by atoms with Crippen LogP contribution < -0.4 is 0 Å². The number of H-pyrrole nitrogens is 1. The summed E-state index contributed by atoms with van der Waals surface area (Å²) < 4.78 is 0. The SMILES string of the molecule is CC(C)Cc1nn[nH]n1.[HH]. The van der Waals surface area contributed by atoms with Crippen LogP contribution in [0.2, 0.25) is 0 Å². The molecule has 0 radical (unpaired) electrons. The highest BCUT2D eigenvalue weighted by molar-refractivity contribution is 4.76. The fourth-order valence-corrected chi connectivity index (χ4v) is 0.634. The lowest BCUT2D eigenvalue weighted by atomic mass is 10.1. The molecule has 0 saturated carbocycles. The molecule has 0 saturated heterocycles. The summed E-state index contributed by atoms with van der Waals surface area (Å²) in [5, 5.41) is 13.5. The van der Waals surface area contributed by atoms with E-state index in [2.05, 4.69) is 34.5 Å². The van der Waals surface area contributed by atoms with E-state index in [1.807, 2.05) is 0 Å². The van der Waals surface area contributed by atoms with Crippen molar-refractivity contribution in [2.24, 2.45) is 5.92 Å². The van der Waals surface area contributed by atoms with Gasteiger partial charge >= 0.3 is 0 Å². The molecule has 1 aromatic rings. The highest BCUT2D eigenvalue weighted by atomic mass is 15.5. The van der Waals surface area contributed by atoms with Gasteiger partial charge in [0.1, 0.15) is 0 Å². The van der Waals surface area contributed by atoms with Crippen molar-refractivity contribution in [2.45, 2.75) is 20.3 Å². The van der Waals surface area contributed by atoms with Crippen molar-refractivity contribution < 1.29 is 1.43 Å². The van der Waals surface area contributed by atoms with E-state index < -0.39 is 0 Å². The summed E-state index contributed by atoms with van der Waals surface area (Å²) in [6.07, 6.45) is 0.899. The summed E-state index contributed by atoms with van der Waals surface area (Å²) in [4.78, 5) is 0. The molecule has 0 aliphatic rings. The van der Waals surface area contributed by atoms with Crippen molar-refractivity contribution in [2.75, 3.05) is 0 Å². The third-order valence-corrected chi connectivity index (χ3v) is 0.980. The minimum Gasteiger partial charge on any atom is -0.177 e. The van der Waals surface area contributed by atoms with Crippen molar-refractivity contribution in [3.63, 3.8) is 0 Å². The molecule has 1 aromatic heterocycles. The van der Waals surface area contributed by atoms with Crippen molar-refractivity contribution in [1.82, 2.24) is 20.6 Å². The van der Waals surface area contributed by atoms with Gasteiger partial charge in [-0.25, -0.2) is 0 Å². The maximum atomic E-state index is 3.81. The highest BCUT2D eigenvalue weighted by Crippen LogP contribution is 1.98. The number of rotatable bonds is 2. The van der Waals surface area contributed by atoms with Gasteiger partial charge in [-0.05, 0) is 5.92 Å². The highest BCUT2D eigenvalue weighted by Gasteiger charge is 1.99. The van der Waals surface area contributed by atoms with Gasteiger partial charge in [0.25, 0.3) is 0 Å². The average Bonchev–Trinajstić information content (AvgIpc) is 2.15. The van der Waals surface area contributed by atoms with Gasteiger partial charge in [-0.15, -0.1) is 10.2 Å². The van der Waals surface area contributed by atoms with Crippen LogP contribution in [0.15, 0.2) is 0 Å². The standard InChI is InChI=1S/C5H10N4.H2/c1-4(2)3-5-6-8-9-7-5;/h4H,3H2,1-2H3,(H,6,7,8,9);1H. The van der Waals surface area contributed by atoms with E-state index >= 15 is 0 Å². The molecule has 4 heteroatoms. The van der Waals surface area contributed by atoms with Gasteiger partial charge in [-0.2, -0.15) is 5.21 Å². The molecule has 0 unspecified atom stereocenters. The topological polar surface area (TPSA) is 54.5 Å². The van der Waals surface area contributed by atoms with E-state index in [9.17, 15) is 0 Å². The normalized spacial score (nSPS) is 10.6. The van der Waals surface area contributed by atoms with Gasteiger partial charge in [-0.3, -0.25) is 0 Å². The Morgan fingerprint density at radius 2 is 2.44 bits per heavy atom. The quantitative estimate of drug-likeness (QED) is 0.636. The maximum Gasteiger partial charge on any atom is 0.174 e.